The van der Waals surface area contributed by atoms with Crippen molar-refractivity contribution in [1.29, 1.82) is 0 Å². The van der Waals surface area contributed by atoms with E-state index < -0.39 is 0 Å². The first-order chi connectivity index (χ1) is 15.1. The van der Waals surface area contributed by atoms with Crippen LogP contribution in [0.3, 0.4) is 0 Å². The van der Waals surface area contributed by atoms with Gasteiger partial charge in [-0.15, -0.1) is 0 Å². The number of piperazine rings is 1. The summed E-state index contributed by atoms with van der Waals surface area (Å²) in [5.41, 5.74) is 0.928. The number of benzene rings is 1. The number of amides is 1. The van der Waals surface area contributed by atoms with E-state index in [0.29, 0.717) is 28.5 Å². The third-order valence-corrected chi connectivity index (χ3v) is 8.55. The first-order valence-electron chi connectivity index (χ1n) is 11.9. The Balaban J connectivity index is 1.37. The van der Waals surface area contributed by atoms with Crippen molar-refractivity contribution in [2.24, 2.45) is 5.92 Å². The van der Waals surface area contributed by atoms with Crippen LogP contribution in [-0.4, -0.2) is 84.7 Å². The summed E-state index contributed by atoms with van der Waals surface area (Å²) in [7, 11) is 0. The van der Waals surface area contributed by atoms with Gasteiger partial charge in [0.25, 0.3) is 0 Å². The molecule has 0 spiro atoms. The standard InChI is InChI=1S/C24H33Cl2N3O2/c25-19-7-6-18(12-20(19)26)13-23(30)29-11-10-28(14-17-4-3-5-17)22-16-31-15-21(24(22)29)27-8-1-2-9-27/h6-7,12,17,21-22,24H,1-5,8-11,13-16H2/t21-,22+,24+/m0/s1. The van der Waals surface area contributed by atoms with Crippen LogP contribution in [0.25, 0.3) is 0 Å². The highest BCUT2D eigenvalue weighted by Crippen LogP contribution is 2.34. The van der Waals surface area contributed by atoms with Crippen LogP contribution < -0.4 is 0 Å². The molecule has 3 heterocycles. The Hall–Kier alpha value is -0.850. The third kappa shape index (κ3) is 4.63. The summed E-state index contributed by atoms with van der Waals surface area (Å²) in [6.45, 7) is 6.61. The van der Waals surface area contributed by atoms with Crippen molar-refractivity contribution in [3.63, 3.8) is 0 Å². The van der Waals surface area contributed by atoms with Gasteiger partial charge < -0.3 is 9.64 Å². The predicted octanol–water partition coefficient (Wildman–Crippen LogP) is 3.71. The highest BCUT2D eigenvalue weighted by Gasteiger charge is 2.48. The lowest BCUT2D eigenvalue weighted by Crippen LogP contribution is -2.72. The third-order valence-electron chi connectivity index (χ3n) is 7.81. The topological polar surface area (TPSA) is 36.0 Å². The van der Waals surface area contributed by atoms with Gasteiger partial charge >= 0.3 is 0 Å². The largest absolute Gasteiger partial charge is 0.378 e. The van der Waals surface area contributed by atoms with Crippen molar-refractivity contribution in [2.45, 2.75) is 56.7 Å². The fourth-order valence-electron chi connectivity index (χ4n) is 5.90. The van der Waals surface area contributed by atoms with Crippen LogP contribution >= 0.6 is 23.2 Å². The molecule has 0 N–H and O–H groups in total. The molecule has 0 radical (unpaired) electrons. The number of nitrogens with zero attached hydrogens (tertiary/aromatic N) is 3. The van der Waals surface area contributed by atoms with Crippen molar-refractivity contribution in [1.82, 2.24) is 14.7 Å². The van der Waals surface area contributed by atoms with Gasteiger partial charge in [0.05, 0.1) is 47.8 Å². The Morgan fingerprint density at radius 2 is 1.74 bits per heavy atom. The van der Waals surface area contributed by atoms with E-state index in [-0.39, 0.29) is 11.9 Å². The van der Waals surface area contributed by atoms with Gasteiger partial charge in [0.1, 0.15) is 0 Å². The Morgan fingerprint density at radius 3 is 2.45 bits per heavy atom. The molecule has 1 aromatic rings. The molecule has 1 saturated carbocycles. The molecule has 7 heteroatoms. The maximum atomic E-state index is 13.5. The van der Waals surface area contributed by atoms with Gasteiger partial charge in [0.15, 0.2) is 0 Å². The number of likely N-dealkylation sites (tertiary alicyclic amines) is 1. The zero-order valence-corrected chi connectivity index (χ0v) is 19.7. The summed E-state index contributed by atoms with van der Waals surface area (Å²) < 4.78 is 6.15. The number of hydrogen-bond acceptors (Lipinski definition) is 4. The Kier molecular flexibility index (Phi) is 6.78. The number of carbonyl (C=O) groups excluding carboxylic acids is 1. The Morgan fingerprint density at radius 1 is 0.968 bits per heavy atom. The summed E-state index contributed by atoms with van der Waals surface area (Å²) in [5, 5.41) is 1.04. The number of rotatable bonds is 5. The minimum absolute atomic E-state index is 0.197. The lowest BCUT2D eigenvalue weighted by Gasteiger charge is -2.55. The maximum Gasteiger partial charge on any atom is 0.227 e. The zero-order valence-electron chi connectivity index (χ0n) is 18.1. The van der Waals surface area contributed by atoms with E-state index in [1.807, 2.05) is 12.1 Å². The highest BCUT2D eigenvalue weighted by molar-refractivity contribution is 6.42. The van der Waals surface area contributed by atoms with Crippen molar-refractivity contribution >= 4 is 29.1 Å². The summed E-state index contributed by atoms with van der Waals surface area (Å²) in [6, 6.07) is 6.32. The van der Waals surface area contributed by atoms with Crippen LogP contribution in [0, 0.1) is 5.92 Å². The van der Waals surface area contributed by atoms with Gasteiger partial charge in [-0.05, 0) is 62.4 Å². The van der Waals surface area contributed by atoms with E-state index in [2.05, 4.69) is 14.7 Å². The fourth-order valence-corrected chi connectivity index (χ4v) is 6.22. The average molecular weight is 466 g/mol. The molecule has 4 fully saturated rings. The lowest BCUT2D eigenvalue weighted by atomic mass is 9.83. The van der Waals surface area contributed by atoms with E-state index in [1.165, 1.54) is 32.1 Å². The minimum Gasteiger partial charge on any atom is -0.378 e. The molecule has 170 valence electrons. The first-order valence-corrected chi connectivity index (χ1v) is 12.6. The van der Waals surface area contributed by atoms with Gasteiger partial charge in [-0.3, -0.25) is 14.6 Å². The van der Waals surface area contributed by atoms with E-state index in [4.69, 9.17) is 27.9 Å². The van der Waals surface area contributed by atoms with Gasteiger partial charge in [0, 0.05) is 19.6 Å². The number of carbonyl (C=O) groups is 1. The van der Waals surface area contributed by atoms with Crippen LogP contribution in [0.5, 0.6) is 0 Å². The summed E-state index contributed by atoms with van der Waals surface area (Å²) in [6.07, 6.45) is 6.94. The summed E-state index contributed by atoms with van der Waals surface area (Å²) in [4.78, 5) is 20.9. The molecule has 5 nitrogen and oxygen atoms in total. The molecule has 4 aliphatic rings. The van der Waals surface area contributed by atoms with Crippen molar-refractivity contribution < 1.29 is 9.53 Å². The first kappa shape index (κ1) is 22.0. The van der Waals surface area contributed by atoms with E-state index in [9.17, 15) is 4.79 Å². The Labute approximate surface area is 195 Å². The lowest BCUT2D eigenvalue weighted by molar-refractivity contribution is -0.153. The van der Waals surface area contributed by atoms with Crippen molar-refractivity contribution in [3.05, 3.63) is 33.8 Å². The predicted molar refractivity (Wildman–Crippen MR) is 124 cm³/mol. The Bertz CT molecular complexity index is 797. The SMILES string of the molecule is O=C(Cc1ccc(Cl)c(Cl)c1)N1CCN(CC2CCC2)[C@@H]2COC[C@H](N3CCCC3)[C@H]21. The van der Waals surface area contributed by atoms with Gasteiger partial charge in [-0.1, -0.05) is 35.7 Å². The molecule has 0 unspecified atom stereocenters. The van der Waals surface area contributed by atoms with E-state index in [0.717, 1.165) is 57.4 Å². The minimum atomic E-state index is 0.197. The van der Waals surface area contributed by atoms with Gasteiger partial charge in [0.2, 0.25) is 5.91 Å². The summed E-state index contributed by atoms with van der Waals surface area (Å²) in [5.74, 6) is 1.02. The molecular weight excluding hydrogens is 433 g/mol. The average Bonchev–Trinajstić information content (AvgIpc) is 3.27. The van der Waals surface area contributed by atoms with Crippen LogP contribution in [0.15, 0.2) is 18.2 Å². The van der Waals surface area contributed by atoms with Crippen LogP contribution in [-0.2, 0) is 16.0 Å². The quantitative estimate of drug-likeness (QED) is 0.663. The van der Waals surface area contributed by atoms with Gasteiger partial charge in [-0.2, -0.15) is 0 Å². The molecule has 0 bridgehead atoms. The van der Waals surface area contributed by atoms with Gasteiger partial charge in [-0.25, -0.2) is 0 Å². The van der Waals surface area contributed by atoms with Crippen LogP contribution in [0.4, 0.5) is 0 Å². The second kappa shape index (κ2) is 9.56. The van der Waals surface area contributed by atoms with E-state index >= 15 is 0 Å². The van der Waals surface area contributed by atoms with Crippen molar-refractivity contribution in [2.75, 3.05) is 45.9 Å². The molecule has 1 aromatic carbocycles. The molecule has 1 aliphatic carbocycles. The van der Waals surface area contributed by atoms with Crippen molar-refractivity contribution in [3.8, 4) is 0 Å². The van der Waals surface area contributed by atoms with Crippen LogP contribution in [0.1, 0.15) is 37.7 Å². The van der Waals surface area contributed by atoms with Crippen LogP contribution in [0.2, 0.25) is 10.0 Å². The van der Waals surface area contributed by atoms with E-state index in [1.54, 1.807) is 6.07 Å². The second-order valence-corrected chi connectivity index (χ2v) is 10.5. The molecule has 31 heavy (non-hydrogen) atoms. The second-order valence-electron chi connectivity index (χ2n) is 9.71. The highest BCUT2D eigenvalue weighted by atomic mass is 35.5. The molecule has 3 aliphatic heterocycles. The fraction of sp³-hybridized carbons (Fsp3) is 0.708. The monoisotopic (exact) mass is 465 g/mol. The number of halogens is 2. The maximum absolute atomic E-state index is 13.5. The molecular formula is C24H33Cl2N3O2. The summed E-state index contributed by atoms with van der Waals surface area (Å²) >= 11 is 12.3. The molecule has 3 atom stereocenters. The number of fused-ring (bicyclic) bond motifs is 1. The normalized spacial score (nSPS) is 30.3. The molecule has 0 aromatic heterocycles. The smallest absolute Gasteiger partial charge is 0.227 e. The molecule has 5 rings (SSSR count). The molecule has 1 amide bonds. The molecule has 3 saturated heterocycles. The zero-order chi connectivity index (χ0) is 21.4. The number of hydrogen-bond donors (Lipinski definition) is 0. The number of ether oxygens (including phenoxy) is 1.